The van der Waals surface area contributed by atoms with Crippen LogP contribution in [0, 0.1) is 0 Å². The Balaban J connectivity index is 0.00000178. The van der Waals surface area contributed by atoms with E-state index in [1.165, 1.54) is 11.1 Å². The van der Waals surface area contributed by atoms with Crippen LogP contribution in [0.3, 0.4) is 0 Å². The van der Waals surface area contributed by atoms with E-state index in [0.717, 1.165) is 57.1 Å². The number of rotatable bonds is 8. The Morgan fingerprint density at radius 3 is 1.90 bits per heavy atom. The van der Waals surface area contributed by atoms with Gasteiger partial charge in [-0.2, -0.15) is 0 Å². The standard InChI is InChI=1S/C30H35N3O3.3ClH/c34-30(35)29-23-32(19-20-33(29)22-24-7-3-1-4-8-24)26-15-17-31(18-16-26)21-25-11-13-28(14-12-25)36-27-9-5-2-6-10-27;;;/h1-14,26,29H,15-23H2,(H,34,35);3*1H. The van der Waals surface area contributed by atoms with Crippen LogP contribution in [0.4, 0.5) is 0 Å². The molecule has 0 bridgehead atoms. The van der Waals surface area contributed by atoms with Crippen LogP contribution in [0.5, 0.6) is 11.5 Å². The van der Waals surface area contributed by atoms with Gasteiger partial charge in [0.15, 0.2) is 0 Å². The molecule has 9 heteroatoms. The van der Waals surface area contributed by atoms with Crippen LogP contribution in [0.2, 0.25) is 0 Å². The van der Waals surface area contributed by atoms with Gasteiger partial charge in [0, 0.05) is 38.8 Å². The Bertz CT molecular complexity index is 1110. The van der Waals surface area contributed by atoms with Gasteiger partial charge in [-0.3, -0.25) is 19.5 Å². The molecule has 0 amide bonds. The lowest BCUT2D eigenvalue weighted by atomic mass is 9.99. The third-order valence-corrected chi connectivity index (χ3v) is 7.42. The van der Waals surface area contributed by atoms with E-state index in [1.54, 1.807) is 0 Å². The summed E-state index contributed by atoms with van der Waals surface area (Å²) in [6, 6.07) is 28.4. The Labute approximate surface area is 250 Å². The number of likely N-dealkylation sites (tertiary alicyclic amines) is 1. The summed E-state index contributed by atoms with van der Waals surface area (Å²) in [5, 5.41) is 9.93. The average molecular weight is 595 g/mol. The first kappa shape index (κ1) is 32.9. The average Bonchev–Trinajstić information content (AvgIpc) is 2.92. The molecule has 3 aromatic carbocycles. The van der Waals surface area contributed by atoms with Crippen molar-refractivity contribution in [1.82, 2.24) is 14.7 Å². The van der Waals surface area contributed by atoms with Crippen molar-refractivity contribution in [1.29, 1.82) is 0 Å². The number of hydrogen-bond acceptors (Lipinski definition) is 5. The third kappa shape index (κ3) is 9.10. The minimum Gasteiger partial charge on any atom is -0.480 e. The molecular weight excluding hydrogens is 557 g/mol. The van der Waals surface area contributed by atoms with E-state index in [9.17, 15) is 9.90 Å². The molecule has 2 fully saturated rings. The monoisotopic (exact) mass is 593 g/mol. The molecule has 3 aromatic rings. The van der Waals surface area contributed by atoms with Crippen LogP contribution in [0.15, 0.2) is 84.9 Å². The maximum Gasteiger partial charge on any atom is 0.322 e. The highest BCUT2D eigenvalue weighted by molar-refractivity contribution is 5.86. The van der Waals surface area contributed by atoms with Crippen LogP contribution in [-0.2, 0) is 17.9 Å². The van der Waals surface area contributed by atoms with Gasteiger partial charge in [0.1, 0.15) is 17.5 Å². The van der Waals surface area contributed by atoms with Gasteiger partial charge in [0.25, 0.3) is 0 Å². The number of nitrogens with zero attached hydrogens (tertiary/aromatic N) is 3. The largest absolute Gasteiger partial charge is 0.480 e. The van der Waals surface area contributed by atoms with Gasteiger partial charge in [-0.05, 0) is 61.3 Å². The number of benzene rings is 3. The summed E-state index contributed by atoms with van der Waals surface area (Å²) in [5.41, 5.74) is 2.46. The minimum absolute atomic E-state index is 0. The summed E-state index contributed by atoms with van der Waals surface area (Å²) >= 11 is 0. The van der Waals surface area contributed by atoms with Gasteiger partial charge in [0.05, 0.1) is 0 Å². The fourth-order valence-electron chi connectivity index (χ4n) is 5.40. The predicted octanol–water partition coefficient (Wildman–Crippen LogP) is 5.98. The molecule has 1 unspecified atom stereocenters. The Hall–Kier alpha value is -2.32. The van der Waals surface area contributed by atoms with Gasteiger partial charge in [-0.25, -0.2) is 0 Å². The molecule has 0 spiro atoms. The van der Waals surface area contributed by atoms with Crippen molar-refractivity contribution in [3.05, 3.63) is 96.1 Å². The quantitative estimate of drug-likeness (QED) is 0.346. The van der Waals surface area contributed by atoms with Crippen molar-refractivity contribution in [3.8, 4) is 11.5 Å². The topological polar surface area (TPSA) is 56.3 Å². The van der Waals surface area contributed by atoms with E-state index < -0.39 is 12.0 Å². The molecule has 0 radical (unpaired) electrons. The predicted molar refractivity (Wildman–Crippen MR) is 163 cm³/mol. The van der Waals surface area contributed by atoms with E-state index in [0.29, 0.717) is 19.1 Å². The van der Waals surface area contributed by atoms with Gasteiger partial charge < -0.3 is 9.84 Å². The summed E-state index contributed by atoms with van der Waals surface area (Å²) in [6.45, 7) is 6.04. The van der Waals surface area contributed by atoms with Crippen molar-refractivity contribution in [3.63, 3.8) is 0 Å². The van der Waals surface area contributed by atoms with Crippen molar-refractivity contribution in [2.75, 3.05) is 32.7 Å². The van der Waals surface area contributed by atoms with E-state index in [1.807, 2.05) is 60.7 Å². The lowest BCUT2D eigenvalue weighted by Crippen LogP contribution is -2.59. The third-order valence-electron chi connectivity index (χ3n) is 7.42. The summed E-state index contributed by atoms with van der Waals surface area (Å²) < 4.78 is 5.91. The zero-order valence-corrected chi connectivity index (χ0v) is 24.4. The lowest BCUT2D eigenvalue weighted by molar-refractivity contribution is -0.147. The molecular formula is C30H38Cl3N3O3. The Morgan fingerprint density at radius 1 is 0.718 bits per heavy atom. The smallest absolute Gasteiger partial charge is 0.322 e. The second-order valence-electron chi connectivity index (χ2n) is 9.87. The van der Waals surface area contributed by atoms with Crippen molar-refractivity contribution in [2.45, 2.75) is 38.0 Å². The minimum atomic E-state index is -0.715. The lowest BCUT2D eigenvalue weighted by Gasteiger charge is -2.45. The fraction of sp³-hybridized carbons (Fsp3) is 0.367. The molecule has 2 aliphatic rings. The number of piperidine rings is 1. The highest BCUT2D eigenvalue weighted by Crippen LogP contribution is 2.25. The summed E-state index contributed by atoms with van der Waals surface area (Å²) in [7, 11) is 0. The molecule has 0 saturated carbocycles. The zero-order valence-electron chi connectivity index (χ0n) is 21.9. The van der Waals surface area contributed by atoms with Crippen LogP contribution in [0.1, 0.15) is 24.0 Å². The molecule has 2 saturated heterocycles. The normalized spacial score (nSPS) is 18.7. The van der Waals surface area contributed by atoms with Gasteiger partial charge in [0.2, 0.25) is 0 Å². The number of ether oxygens (including phenoxy) is 1. The highest BCUT2D eigenvalue weighted by Gasteiger charge is 2.36. The first-order valence-electron chi connectivity index (χ1n) is 12.9. The molecule has 212 valence electrons. The van der Waals surface area contributed by atoms with Crippen molar-refractivity contribution < 1.29 is 14.6 Å². The number of para-hydroxylation sites is 1. The van der Waals surface area contributed by atoms with Gasteiger partial charge in [-0.15, -0.1) is 37.2 Å². The maximum atomic E-state index is 12.1. The van der Waals surface area contributed by atoms with Crippen LogP contribution >= 0.6 is 37.2 Å². The van der Waals surface area contributed by atoms with Crippen molar-refractivity contribution >= 4 is 43.2 Å². The number of carboxylic acids is 1. The fourth-order valence-corrected chi connectivity index (χ4v) is 5.40. The first-order chi connectivity index (χ1) is 17.6. The number of aliphatic carboxylic acids is 1. The zero-order chi connectivity index (χ0) is 24.7. The molecule has 5 rings (SSSR count). The number of piperazine rings is 1. The van der Waals surface area contributed by atoms with Crippen molar-refractivity contribution in [2.24, 2.45) is 0 Å². The summed E-state index contributed by atoms with van der Waals surface area (Å²) in [4.78, 5) is 19.1. The van der Waals surface area contributed by atoms with E-state index in [2.05, 4.69) is 39.0 Å². The van der Waals surface area contributed by atoms with Crippen LogP contribution in [-0.4, -0.2) is 70.6 Å². The van der Waals surface area contributed by atoms with E-state index in [4.69, 9.17) is 4.74 Å². The second-order valence-corrected chi connectivity index (χ2v) is 9.87. The molecule has 6 nitrogen and oxygen atoms in total. The number of hydrogen-bond donors (Lipinski definition) is 1. The number of carbonyl (C=O) groups is 1. The number of halogens is 3. The first-order valence-corrected chi connectivity index (χ1v) is 12.9. The molecule has 1 atom stereocenters. The maximum absolute atomic E-state index is 12.1. The highest BCUT2D eigenvalue weighted by atomic mass is 35.5. The molecule has 2 aliphatic heterocycles. The van der Waals surface area contributed by atoms with Crippen LogP contribution < -0.4 is 4.74 Å². The molecule has 1 N–H and O–H groups in total. The molecule has 39 heavy (non-hydrogen) atoms. The molecule has 0 aromatic heterocycles. The SMILES string of the molecule is Cl.Cl.Cl.O=C(O)C1CN(C2CCN(Cc3ccc(Oc4ccccc4)cc3)CC2)CCN1Cc1ccccc1. The second kappa shape index (κ2) is 16.1. The molecule has 2 heterocycles. The van der Waals surface area contributed by atoms with Crippen LogP contribution in [0.25, 0.3) is 0 Å². The summed E-state index contributed by atoms with van der Waals surface area (Å²) in [5.74, 6) is 0.981. The Morgan fingerprint density at radius 2 is 1.28 bits per heavy atom. The molecule has 0 aliphatic carbocycles. The Kier molecular flexibility index (Phi) is 13.5. The summed E-state index contributed by atoms with van der Waals surface area (Å²) in [6.07, 6.45) is 2.17. The number of carboxylic acid groups (broad SMARTS) is 1. The van der Waals surface area contributed by atoms with Gasteiger partial charge >= 0.3 is 5.97 Å². The van der Waals surface area contributed by atoms with E-state index >= 15 is 0 Å². The van der Waals surface area contributed by atoms with E-state index in [-0.39, 0.29) is 37.2 Å². The van der Waals surface area contributed by atoms with Gasteiger partial charge in [-0.1, -0.05) is 60.7 Å².